The van der Waals surface area contributed by atoms with Crippen molar-refractivity contribution in [3.63, 3.8) is 0 Å². The van der Waals surface area contributed by atoms with E-state index in [4.69, 9.17) is 9.47 Å². The highest BCUT2D eigenvalue weighted by atomic mass is 19.4. The van der Waals surface area contributed by atoms with Gasteiger partial charge in [0.05, 0.1) is 24.8 Å². The molecule has 1 amide bonds. The predicted octanol–water partition coefficient (Wildman–Crippen LogP) is 3.39. The van der Waals surface area contributed by atoms with Crippen LogP contribution in [0.1, 0.15) is 24.8 Å². The van der Waals surface area contributed by atoms with Gasteiger partial charge in [-0.1, -0.05) is 30.3 Å². The molecular weight excluding hydrogens is 335 g/mol. The summed E-state index contributed by atoms with van der Waals surface area (Å²) in [6.07, 6.45) is -2.15. The smallest absolute Gasteiger partial charge is 0.348 e. The molecule has 7 heteroatoms. The predicted molar refractivity (Wildman–Crippen MR) is 85.5 cm³/mol. The Morgan fingerprint density at radius 1 is 1.12 bits per heavy atom. The normalized spacial score (nSPS) is 23.1. The summed E-state index contributed by atoms with van der Waals surface area (Å²) in [5, 5.41) is 0. The number of carbonyl (C=O) groups is 1. The van der Waals surface area contributed by atoms with Gasteiger partial charge in [-0.25, -0.2) is 0 Å². The van der Waals surface area contributed by atoms with E-state index in [2.05, 4.69) is 0 Å². The lowest BCUT2D eigenvalue weighted by molar-refractivity contribution is -0.146. The lowest BCUT2D eigenvalue weighted by atomic mass is 10.00. The van der Waals surface area contributed by atoms with Gasteiger partial charge >= 0.3 is 6.18 Å². The van der Waals surface area contributed by atoms with Gasteiger partial charge in [0.2, 0.25) is 5.91 Å². The number of ether oxygens (including phenoxy) is 2. The van der Waals surface area contributed by atoms with Crippen LogP contribution in [-0.4, -0.2) is 49.1 Å². The number of hydrogen-bond acceptors (Lipinski definition) is 3. The summed E-state index contributed by atoms with van der Waals surface area (Å²) < 4.78 is 51.3. The minimum absolute atomic E-state index is 0.0229. The average Bonchev–Trinajstić information content (AvgIpc) is 3.13. The van der Waals surface area contributed by atoms with Crippen LogP contribution in [0.4, 0.5) is 13.2 Å². The van der Waals surface area contributed by atoms with Crippen molar-refractivity contribution in [2.45, 2.75) is 37.8 Å². The van der Waals surface area contributed by atoms with E-state index in [9.17, 15) is 18.0 Å². The first-order chi connectivity index (χ1) is 12.0. The SMILES string of the molecule is O=C(/C=C(\c1ccccc1)C(F)(F)F)N1CCCCC1C1OCCO1. The summed E-state index contributed by atoms with van der Waals surface area (Å²) in [4.78, 5) is 14.1. The van der Waals surface area contributed by atoms with Gasteiger partial charge in [0.25, 0.3) is 0 Å². The molecule has 1 aromatic rings. The molecule has 1 aromatic carbocycles. The van der Waals surface area contributed by atoms with Crippen LogP contribution in [0.5, 0.6) is 0 Å². The molecule has 1 atom stereocenters. The number of nitrogens with zero attached hydrogens (tertiary/aromatic N) is 1. The second-order valence-corrected chi connectivity index (χ2v) is 6.13. The number of allylic oxidation sites excluding steroid dienone is 1. The van der Waals surface area contributed by atoms with Crippen molar-refractivity contribution in [3.8, 4) is 0 Å². The van der Waals surface area contributed by atoms with Crippen LogP contribution in [0.2, 0.25) is 0 Å². The van der Waals surface area contributed by atoms with Crippen LogP contribution in [0.3, 0.4) is 0 Å². The van der Waals surface area contributed by atoms with E-state index in [1.807, 2.05) is 0 Å². The molecule has 2 saturated heterocycles. The Morgan fingerprint density at radius 3 is 2.44 bits per heavy atom. The zero-order valence-electron chi connectivity index (χ0n) is 13.7. The van der Waals surface area contributed by atoms with E-state index in [-0.39, 0.29) is 11.6 Å². The third-order valence-electron chi connectivity index (χ3n) is 4.45. The molecule has 1 unspecified atom stereocenters. The van der Waals surface area contributed by atoms with Crippen LogP contribution < -0.4 is 0 Å². The molecular formula is C18H20F3NO3. The fourth-order valence-corrected chi connectivity index (χ4v) is 3.27. The average molecular weight is 355 g/mol. The summed E-state index contributed by atoms with van der Waals surface area (Å²) in [6.45, 7) is 1.29. The molecule has 3 rings (SSSR count). The van der Waals surface area contributed by atoms with Gasteiger partial charge in [-0.05, 0) is 24.8 Å². The molecule has 4 nitrogen and oxygen atoms in total. The molecule has 0 radical (unpaired) electrons. The Labute approximate surface area is 144 Å². The first-order valence-electron chi connectivity index (χ1n) is 8.35. The molecule has 2 heterocycles. The highest BCUT2D eigenvalue weighted by molar-refractivity contribution is 5.96. The largest absolute Gasteiger partial charge is 0.417 e. The van der Waals surface area contributed by atoms with Crippen molar-refractivity contribution in [1.29, 1.82) is 0 Å². The first-order valence-corrected chi connectivity index (χ1v) is 8.35. The van der Waals surface area contributed by atoms with Crippen molar-refractivity contribution in [2.75, 3.05) is 19.8 Å². The zero-order chi connectivity index (χ0) is 17.9. The third kappa shape index (κ3) is 4.22. The molecule has 0 N–H and O–H groups in total. The first kappa shape index (κ1) is 17.9. The Bertz CT molecular complexity index is 624. The Morgan fingerprint density at radius 2 is 1.80 bits per heavy atom. The maximum absolute atomic E-state index is 13.4. The molecule has 0 saturated carbocycles. The molecule has 0 spiro atoms. The number of likely N-dealkylation sites (tertiary alicyclic amines) is 1. The number of hydrogen-bond donors (Lipinski definition) is 0. The molecule has 136 valence electrons. The van der Waals surface area contributed by atoms with E-state index in [0.717, 1.165) is 12.8 Å². The zero-order valence-corrected chi connectivity index (χ0v) is 13.7. The molecule has 25 heavy (non-hydrogen) atoms. The van der Waals surface area contributed by atoms with Crippen LogP contribution >= 0.6 is 0 Å². The quantitative estimate of drug-likeness (QED) is 0.781. The molecule has 0 aliphatic carbocycles. The summed E-state index contributed by atoms with van der Waals surface area (Å²) in [5.41, 5.74) is -0.957. The molecule has 2 aliphatic heterocycles. The second kappa shape index (κ2) is 7.58. The highest BCUT2D eigenvalue weighted by Gasteiger charge is 2.39. The number of carbonyl (C=O) groups excluding carboxylic acids is 1. The lowest BCUT2D eigenvalue weighted by Crippen LogP contribution is -2.49. The van der Waals surface area contributed by atoms with Crippen molar-refractivity contribution < 1.29 is 27.4 Å². The standard InChI is InChI=1S/C18H20F3NO3/c19-18(20,21)14(13-6-2-1-3-7-13)12-16(23)22-9-5-4-8-15(22)17-24-10-11-25-17/h1-3,6-7,12,15,17H,4-5,8-11H2/b14-12+. The van der Waals surface area contributed by atoms with Gasteiger partial charge in [0.15, 0.2) is 6.29 Å². The maximum atomic E-state index is 13.4. The molecule has 2 aliphatic rings. The molecule has 2 fully saturated rings. The maximum Gasteiger partial charge on any atom is 0.417 e. The van der Waals surface area contributed by atoms with E-state index < -0.39 is 23.9 Å². The number of piperidine rings is 1. The van der Waals surface area contributed by atoms with Crippen LogP contribution in [0.25, 0.3) is 5.57 Å². The minimum atomic E-state index is -4.61. The van der Waals surface area contributed by atoms with Gasteiger partial charge in [-0.15, -0.1) is 0 Å². The monoisotopic (exact) mass is 355 g/mol. The van der Waals surface area contributed by atoms with Crippen LogP contribution in [-0.2, 0) is 14.3 Å². The number of rotatable bonds is 3. The van der Waals surface area contributed by atoms with Crippen LogP contribution in [0, 0.1) is 0 Å². The van der Waals surface area contributed by atoms with Crippen molar-refractivity contribution in [3.05, 3.63) is 42.0 Å². The Hall–Kier alpha value is -1.86. The van der Waals surface area contributed by atoms with Crippen molar-refractivity contribution in [2.24, 2.45) is 0 Å². The van der Waals surface area contributed by atoms with Gasteiger partial charge in [0, 0.05) is 12.6 Å². The van der Waals surface area contributed by atoms with E-state index in [1.54, 1.807) is 6.07 Å². The fraction of sp³-hybridized carbons (Fsp3) is 0.500. The number of amides is 1. The van der Waals surface area contributed by atoms with Crippen LogP contribution in [0.15, 0.2) is 36.4 Å². The van der Waals surface area contributed by atoms with Gasteiger partial charge in [-0.2, -0.15) is 13.2 Å². The fourth-order valence-electron chi connectivity index (χ4n) is 3.27. The summed E-state index contributed by atoms with van der Waals surface area (Å²) in [6, 6.07) is 7.03. The summed E-state index contributed by atoms with van der Waals surface area (Å²) in [5.74, 6) is -0.653. The molecule has 0 aromatic heterocycles. The van der Waals surface area contributed by atoms with E-state index in [0.29, 0.717) is 32.3 Å². The Kier molecular flexibility index (Phi) is 5.44. The van der Waals surface area contributed by atoms with Crippen molar-refractivity contribution >= 4 is 11.5 Å². The number of alkyl halides is 3. The molecule has 0 bridgehead atoms. The van der Waals surface area contributed by atoms with Gasteiger partial charge in [0.1, 0.15) is 0 Å². The number of benzene rings is 1. The number of halogens is 3. The Balaban J connectivity index is 1.86. The van der Waals surface area contributed by atoms with Crippen molar-refractivity contribution in [1.82, 2.24) is 4.90 Å². The second-order valence-electron chi connectivity index (χ2n) is 6.13. The third-order valence-corrected chi connectivity index (χ3v) is 4.45. The van der Waals surface area contributed by atoms with E-state index >= 15 is 0 Å². The van der Waals surface area contributed by atoms with E-state index in [1.165, 1.54) is 29.2 Å². The van der Waals surface area contributed by atoms with Gasteiger partial charge < -0.3 is 14.4 Å². The topological polar surface area (TPSA) is 38.8 Å². The van der Waals surface area contributed by atoms with Gasteiger partial charge in [-0.3, -0.25) is 4.79 Å². The lowest BCUT2D eigenvalue weighted by Gasteiger charge is -2.37. The highest BCUT2D eigenvalue weighted by Crippen LogP contribution is 2.34. The summed E-state index contributed by atoms with van der Waals surface area (Å²) >= 11 is 0. The summed E-state index contributed by atoms with van der Waals surface area (Å²) in [7, 11) is 0. The minimum Gasteiger partial charge on any atom is -0.348 e.